The molecule has 62 valence electrons. The molecular weight excluding hydrogens is 138 g/mol. The predicted octanol–water partition coefficient (Wildman–Crippen LogP) is 1.98. The molecule has 1 aliphatic carbocycles. The maximum absolute atomic E-state index is 10.5. The van der Waals surface area contributed by atoms with E-state index >= 15 is 0 Å². The third-order valence-electron chi connectivity index (χ3n) is 2.04. The number of ketones is 1. The van der Waals surface area contributed by atoms with Crippen molar-refractivity contribution in [1.82, 2.24) is 0 Å². The SMILES string of the molecule is CC(=O)C=NC1CCCCC1. The van der Waals surface area contributed by atoms with Crippen molar-refractivity contribution in [3.8, 4) is 0 Å². The smallest absolute Gasteiger partial charge is 0.170 e. The van der Waals surface area contributed by atoms with Gasteiger partial charge in [-0.05, 0) is 12.8 Å². The van der Waals surface area contributed by atoms with Gasteiger partial charge in [0.2, 0.25) is 0 Å². The van der Waals surface area contributed by atoms with Gasteiger partial charge in [-0.1, -0.05) is 19.3 Å². The van der Waals surface area contributed by atoms with E-state index in [1.807, 2.05) is 0 Å². The van der Waals surface area contributed by atoms with Crippen molar-refractivity contribution >= 4 is 12.0 Å². The van der Waals surface area contributed by atoms with Gasteiger partial charge in [0, 0.05) is 6.92 Å². The first kappa shape index (κ1) is 8.44. The molecule has 1 fully saturated rings. The monoisotopic (exact) mass is 153 g/mol. The van der Waals surface area contributed by atoms with Gasteiger partial charge in [-0.25, -0.2) is 0 Å². The number of hydrogen-bond donors (Lipinski definition) is 0. The topological polar surface area (TPSA) is 29.4 Å². The molecule has 0 aromatic carbocycles. The lowest BCUT2D eigenvalue weighted by atomic mass is 9.96. The van der Waals surface area contributed by atoms with Gasteiger partial charge < -0.3 is 0 Å². The molecule has 0 aliphatic heterocycles. The Morgan fingerprint density at radius 3 is 2.55 bits per heavy atom. The summed E-state index contributed by atoms with van der Waals surface area (Å²) in [5.41, 5.74) is 0. The van der Waals surface area contributed by atoms with Crippen LogP contribution in [-0.4, -0.2) is 18.0 Å². The summed E-state index contributed by atoms with van der Waals surface area (Å²) in [5, 5.41) is 0. The quantitative estimate of drug-likeness (QED) is 0.558. The van der Waals surface area contributed by atoms with Crippen molar-refractivity contribution in [2.75, 3.05) is 0 Å². The molecule has 11 heavy (non-hydrogen) atoms. The van der Waals surface area contributed by atoms with Crippen LogP contribution in [0.1, 0.15) is 39.0 Å². The van der Waals surface area contributed by atoms with Gasteiger partial charge in [0.15, 0.2) is 5.78 Å². The Bertz CT molecular complexity index is 157. The molecule has 0 aromatic rings. The fourth-order valence-electron chi connectivity index (χ4n) is 1.44. The van der Waals surface area contributed by atoms with Crippen LogP contribution in [0.5, 0.6) is 0 Å². The zero-order chi connectivity index (χ0) is 8.10. The standard InChI is InChI=1S/C9H15NO/c1-8(11)7-10-9-5-3-2-4-6-9/h7,9H,2-6H2,1H3. The molecule has 0 radical (unpaired) electrons. The van der Waals surface area contributed by atoms with Crippen LogP contribution >= 0.6 is 0 Å². The average Bonchev–Trinajstić information content (AvgIpc) is 2.03. The van der Waals surface area contributed by atoms with Crippen molar-refractivity contribution < 1.29 is 4.79 Å². The lowest BCUT2D eigenvalue weighted by molar-refractivity contribution is -0.110. The van der Waals surface area contributed by atoms with Crippen LogP contribution in [-0.2, 0) is 4.79 Å². The Balaban J connectivity index is 2.29. The first-order valence-corrected chi connectivity index (χ1v) is 4.33. The summed E-state index contributed by atoms with van der Waals surface area (Å²) < 4.78 is 0. The molecule has 0 spiro atoms. The number of nitrogens with zero attached hydrogens (tertiary/aromatic N) is 1. The summed E-state index contributed by atoms with van der Waals surface area (Å²) in [6, 6.07) is 0.438. The van der Waals surface area contributed by atoms with Crippen LogP contribution in [0, 0.1) is 0 Å². The summed E-state index contributed by atoms with van der Waals surface area (Å²) in [4.78, 5) is 14.7. The summed E-state index contributed by atoms with van der Waals surface area (Å²) >= 11 is 0. The molecule has 0 saturated heterocycles. The summed E-state index contributed by atoms with van der Waals surface area (Å²) in [5.74, 6) is 0.0653. The van der Waals surface area contributed by atoms with Crippen LogP contribution in [0.4, 0.5) is 0 Å². The van der Waals surface area contributed by atoms with E-state index in [1.54, 1.807) is 6.92 Å². The van der Waals surface area contributed by atoms with Crippen LogP contribution in [0.2, 0.25) is 0 Å². The Morgan fingerprint density at radius 2 is 2.00 bits per heavy atom. The maximum Gasteiger partial charge on any atom is 0.170 e. The van der Waals surface area contributed by atoms with E-state index in [2.05, 4.69) is 4.99 Å². The number of Topliss-reactive ketones (excluding diaryl/α,β-unsaturated/α-hetero) is 1. The van der Waals surface area contributed by atoms with E-state index in [0.29, 0.717) is 6.04 Å². The van der Waals surface area contributed by atoms with Crippen molar-refractivity contribution in [2.45, 2.75) is 45.1 Å². The third kappa shape index (κ3) is 3.30. The first-order chi connectivity index (χ1) is 5.29. The van der Waals surface area contributed by atoms with E-state index < -0.39 is 0 Å². The molecule has 0 unspecified atom stereocenters. The molecule has 1 aliphatic rings. The average molecular weight is 153 g/mol. The Morgan fingerprint density at radius 1 is 1.36 bits per heavy atom. The van der Waals surface area contributed by atoms with Gasteiger partial charge in [0.25, 0.3) is 0 Å². The molecule has 1 saturated carbocycles. The number of carbonyl (C=O) groups excluding carboxylic acids is 1. The third-order valence-corrected chi connectivity index (χ3v) is 2.04. The zero-order valence-electron chi connectivity index (χ0n) is 7.05. The Kier molecular flexibility index (Phi) is 3.27. The van der Waals surface area contributed by atoms with E-state index in [-0.39, 0.29) is 5.78 Å². The molecule has 2 heteroatoms. The molecule has 0 heterocycles. The van der Waals surface area contributed by atoms with Gasteiger partial charge >= 0.3 is 0 Å². The minimum Gasteiger partial charge on any atom is -0.293 e. The number of aliphatic imine (C=N–C) groups is 1. The number of rotatable bonds is 2. The van der Waals surface area contributed by atoms with Gasteiger partial charge in [0.1, 0.15) is 0 Å². The largest absolute Gasteiger partial charge is 0.293 e. The summed E-state index contributed by atoms with van der Waals surface area (Å²) in [6.45, 7) is 1.55. The van der Waals surface area contributed by atoms with E-state index in [9.17, 15) is 4.79 Å². The predicted molar refractivity (Wildman–Crippen MR) is 46.0 cm³/mol. The normalized spacial score (nSPS) is 20.8. The Hall–Kier alpha value is -0.660. The van der Waals surface area contributed by atoms with Crippen LogP contribution in [0.15, 0.2) is 4.99 Å². The first-order valence-electron chi connectivity index (χ1n) is 4.33. The zero-order valence-corrected chi connectivity index (χ0v) is 7.05. The number of hydrogen-bond acceptors (Lipinski definition) is 2. The molecule has 0 aromatic heterocycles. The minimum absolute atomic E-state index is 0.0653. The second-order valence-electron chi connectivity index (χ2n) is 3.18. The summed E-state index contributed by atoms with van der Waals surface area (Å²) in [7, 11) is 0. The van der Waals surface area contributed by atoms with Crippen molar-refractivity contribution in [3.05, 3.63) is 0 Å². The van der Waals surface area contributed by atoms with Gasteiger partial charge in [-0.15, -0.1) is 0 Å². The highest BCUT2D eigenvalue weighted by Crippen LogP contribution is 2.19. The van der Waals surface area contributed by atoms with Gasteiger partial charge in [0.05, 0.1) is 12.3 Å². The molecule has 0 atom stereocenters. The molecule has 0 N–H and O–H groups in total. The molecule has 1 rings (SSSR count). The highest BCUT2D eigenvalue weighted by molar-refractivity contribution is 6.26. The number of carbonyl (C=O) groups is 1. The second kappa shape index (κ2) is 4.27. The van der Waals surface area contributed by atoms with Gasteiger partial charge in [-0.3, -0.25) is 9.79 Å². The fraction of sp³-hybridized carbons (Fsp3) is 0.778. The van der Waals surface area contributed by atoms with Gasteiger partial charge in [-0.2, -0.15) is 0 Å². The van der Waals surface area contributed by atoms with Crippen molar-refractivity contribution in [1.29, 1.82) is 0 Å². The molecule has 0 amide bonds. The van der Waals surface area contributed by atoms with E-state index in [0.717, 1.165) is 0 Å². The van der Waals surface area contributed by atoms with Crippen LogP contribution in [0.25, 0.3) is 0 Å². The molecular formula is C9H15NO. The Labute approximate surface area is 67.7 Å². The molecule has 2 nitrogen and oxygen atoms in total. The lowest BCUT2D eigenvalue weighted by Gasteiger charge is -2.16. The summed E-state index contributed by atoms with van der Waals surface area (Å²) in [6.07, 6.45) is 7.70. The van der Waals surface area contributed by atoms with Crippen molar-refractivity contribution in [2.24, 2.45) is 4.99 Å². The van der Waals surface area contributed by atoms with Crippen molar-refractivity contribution in [3.63, 3.8) is 0 Å². The fourth-order valence-corrected chi connectivity index (χ4v) is 1.44. The lowest BCUT2D eigenvalue weighted by Crippen LogP contribution is -2.10. The molecule has 0 bridgehead atoms. The minimum atomic E-state index is 0.0653. The van der Waals surface area contributed by atoms with Crippen LogP contribution in [0.3, 0.4) is 0 Å². The highest BCUT2D eigenvalue weighted by Gasteiger charge is 2.10. The highest BCUT2D eigenvalue weighted by atomic mass is 16.1. The van der Waals surface area contributed by atoms with E-state index in [1.165, 1.54) is 38.3 Å². The second-order valence-corrected chi connectivity index (χ2v) is 3.18. The maximum atomic E-state index is 10.5. The van der Waals surface area contributed by atoms with E-state index in [4.69, 9.17) is 0 Å². The van der Waals surface area contributed by atoms with Crippen LogP contribution < -0.4 is 0 Å².